The third-order valence-corrected chi connectivity index (χ3v) is 5.73. The average Bonchev–Trinajstić information content (AvgIpc) is 3.20. The zero-order chi connectivity index (χ0) is 22.9. The van der Waals surface area contributed by atoms with Gasteiger partial charge in [-0.25, -0.2) is 9.18 Å². The van der Waals surface area contributed by atoms with Crippen LogP contribution in [0.15, 0.2) is 66.9 Å². The number of H-pyrrole nitrogens is 1. The zero-order valence-corrected chi connectivity index (χ0v) is 17.9. The molecule has 1 aliphatic rings. The highest BCUT2D eigenvalue weighted by molar-refractivity contribution is 6.31. The Labute approximate surface area is 193 Å². The van der Waals surface area contributed by atoms with Gasteiger partial charge in [-0.15, -0.1) is 0 Å². The van der Waals surface area contributed by atoms with Gasteiger partial charge in [-0.3, -0.25) is 4.79 Å². The van der Waals surface area contributed by atoms with Crippen molar-refractivity contribution in [1.29, 1.82) is 0 Å². The van der Waals surface area contributed by atoms with Gasteiger partial charge in [0.05, 0.1) is 17.9 Å². The summed E-state index contributed by atoms with van der Waals surface area (Å²) in [6.07, 6.45) is 1.71. The first kappa shape index (κ1) is 20.8. The maximum Gasteiger partial charge on any atom is 0.323 e. The average molecular weight is 465 g/mol. The highest BCUT2D eigenvalue weighted by atomic mass is 35.5. The lowest BCUT2D eigenvalue weighted by Crippen LogP contribution is -2.38. The second-order valence-electron chi connectivity index (χ2n) is 7.48. The van der Waals surface area contributed by atoms with Gasteiger partial charge >= 0.3 is 6.03 Å². The van der Waals surface area contributed by atoms with E-state index in [2.05, 4.69) is 15.6 Å². The zero-order valence-electron chi connectivity index (χ0n) is 17.2. The summed E-state index contributed by atoms with van der Waals surface area (Å²) in [5.74, 6) is -0.400. The molecule has 166 valence electrons. The number of hydrogen-bond donors (Lipinski definition) is 3. The van der Waals surface area contributed by atoms with E-state index in [0.29, 0.717) is 22.8 Å². The molecular formula is C24H18ClFN4O3. The van der Waals surface area contributed by atoms with Crippen LogP contribution in [0, 0.1) is 5.82 Å². The summed E-state index contributed by atoms with van der Waals surface area (Å²) in [6.45, 7) is -0.238. The lowest BCUT2D eigenvalue weighted by molar-refractivity contribution is -0.121. The predicted octanol–water partition coefficient (Wildman–Crippen LogP) is 5.53. The Morgan fingerprint density at radius 1 is 1.12 bits per heavy atom. The van der Waals surface area contributed by atoms with Crippen molar-refractivity contribution in [2.24, 2.45) is 0 Å². The maximum absolute atomic E-state index is 14.3. The van der Waals surface area contributed by atoms with Crippen molar-refractivity contribution in [1.82, 2.24) is 4.98 Å². The van der Waals surface area contributed by atoms with Gasteiger partial charge in [0.15, 0.2) is 6.61 Å². The summed E-state index contributed by atoms with van der Waals surface area (Å²) in [5.41, 5.74) is 2.59. The van der Waals surface area contributed by atoms with Gasteiger partial charge in [-0.05, 0) is 36.4 Å². The Kier molecular flexibility index (Phi) is 5.35. The van der Waals surface area contributed by atoms with Crippen molar-refractivity contribution in [3.8, 4) is 5.75 Å². The first-order valence-electron chi connectivity index (χ1n) is 10.1. The number of carbonyl (C=O) groups excluding carboxylic acids is 2. The molecule has 0 unspecified atom stereocenters. The third kappa shape index (κ3) is 4.08. The molecule has 0 saturated heterocycles. The van der Waals surface area contributed by atoms with Gasteiger partial charge in [0.25, 0.3) is 5.91 Å². The van der Waals surface area contributed by atoms with Crippen molar-refractivity contribution >= 4 is 51.5 Å². The van der Waals surface area contributed by atoms with E-state index in [1.54, 1.807) is 30.5 Å². The van der Waals surface area contributed by atoms with Crippen LogP contribution >= 0.6 is 11.6 Å². The van der Waals surface area contributed by atoms with Crippen LogP contribution in [0.1, 0.15) is 5.56 Å². The van der Waals surface area contributed by atoms with Crippen molar-refractivity contribution < 1.29 is 18.7 Å². The Bertz CT molecular complexity index is 1370. The molecule has 9 heteroatoms. The van der Waals surface area contributed by atoms with E-state index in [1.807, 2.05) is 24.3 Å². The number of anilines is 3. The third-order valence-electron chi connectivity index (χ3n) is 5.38. The molecule has 3 amide bonds. The predicted molar refractivity (Wildman–Crippen MR) is 125 cm³/mol. The molecule has 33 heavy (non-hydrogen) atoms. The molecule has 0 saturated carbocycles. The number of benzene rings is 3. The largest absolute Gasteiger partial charge is 0.482 e. The van der Waals surface area contributed by atoms with Crippen LogP contribution in [-0.4, -0.2) is 23.5 Å². The quantitative estimate of drug-likeness (QED) is 0.371. The molecule has 0 aliphatic carbocycles. The van der Waals surface area contributed by atoms with Gasteiger partial charge in [0.2, 0.25) is 0 Å². The number of aromatic amines is 1. The minimum absolute atomic E-state index is 0.0638. The summed E-state index contributed by atoms with van der Waals surface area (Å²) in [7, 11) is 0. The van der Waals surface area contributed by atoms with Crippen molar-refractivity contribution in [2.75, 3.05) is 22.1 Å². The van der Waals surface area contributed by atoms with Crippen LogP contribution in [0.25, 0.3) is 10.9 Å². The summed E-state index contributed by atoms with van der Waals surface area (Å²) >= 11 is 6.16. The fourth-order valence-electron chi connectivity index (χ4n) is 3.75. The van der Waals surface area contributed by atoms with E-state index in [1.165, 1.54) is 17.0 Å². The van der Waals surface area contributed by atoms with Crippen LogP contribution in [0.3, 0.4) is 0 Å². The van der Waals surface area contributed by atoms with Crippen LogP contribution in [0.4, 0.5) is 26.2 Å². The number of ether oxygens (including phenoxy) is 1. The van der Waals surface area contributed by atoms with Crippen molar-refractivity contribution in [3.05, 3.63) is 83.3 Å². The summed E-state index contributed by atoms with van der Waals surface area (Å²) < 4.78 is 19.8. The summed E-state index contributed by atoms with van der Waals surface area (Å²) in [5, 5.41) is 6.67. The summed E-state index contributed by atoms with van der Waals surface area (Å²) in [6, 6.07) is 16.4. The van der Waals surface area contributed by atoms with E-state index in [9.17, 15) is 14.0 Å². The minimum Gasteiger partial charge on any atom is -0.482 e. The molecule has 2 heterocycles. The monoisotopic (exact) mass is 464 g/mol. The lowest BCUT2D eigenvalue weighted by Gasteiger charge is -2.30. The van der Waals surface area contributed by atoms with Crippen molar-refractivity contribution in [3.63, 3.8) is 0 Å². The molecule has 0 fully saturated rings. The fourth-order valence-corrected chi connectivity index (χ4v) is 3.98. The number of para-hydroxylation sites is 1. The standard InChI is InChI=1S/C24H18ClFN4O3/c25-17-5-3-6-18(26)16(17)12-30-21-10-14(8-9-22(21)33-13-23(30)31)28-24(32)29-20-11-27-19-7-2-1-4-15(19)20/h1-11,27H,12-13H2,(H2,28,29,32). The molecular weight excluding hydrogens is 447 g/mol. The van der Waals surface area contributed by atoms with Gasteiger partial charge in [-0.1, -0.05) is 35.9 Å². The van der Waals surface area contributed by atoms with Gasteiger partial charge in [-0.2, -0.15) is 0 Å². The molecule has 0 bridgehead atoms. The maximum atomic E-state index is 14.3. The van der Waals surface area contributed by atoms with Gasteiger partial charge in [0.1, 0.15) is 11.6 Å². The number of carbonyl (C=O) groups is 2. The minimum atomic E-state index is -0.504. The Morgan fingerprint density at radius 2 is 1.97 bits per heavy atom. The van der Waals surface area contributed by atoms with E-state index < -0.39 is 11.8 Å². The Hall–Kier alpha value is -4.04. The number of rotatable bonds is 4. The SMILES string of the molecule is O=C(Nc1ccc2c(c1)N(Cc1c(F)cccc1Cl)C(=O)CO2)Nc1c[nH]c2ccccc12. The van der Waals surface area contributed by atoms with Crippen LogP contribution < -0.4 is 20.3 Å². The number of aromatic nitrogens is 1. The van der Waals surface area contributed by atoms with E-state index >= 15 is 0 Å². The normalized spacial score (nSPS) is 12.9. The van der Waals surface area contributed by atoms with E-state index in [-0.39, 0.29) is 29.6 Å². The molecule has 5 rings (SSSR count). The number of nitrogens with zero attached hydrogens (tertiary/aromatic N) is 1. The highest BCUT2D eigenvalue weighted by Crippen LogP contribution is 2.36. The molecule has 0 spiro atoms. The molecule has 7 nitrogen and oxygen atoms in total. The number of nitrogens with one attached hydrogen (secondary N) is 3. The number of urea groups is 1. The number of hydrogen-bond acceptors (Lipinski definition) is 3. The Balaban J connectivity index is 1.38. The molecule has 0 radical (unpaired) electrons. The highest BCUT2D eigenvalue weighted by Gasteiger charge is 2.27. The second-order valence-corrected chi connectivity index (χ2v) is 7.89. The van der Waals surface area contributed by atoms with E-state index in [0.717, 1.165) is 10.9 Å². The van der Waals surface area contributed by atoms with Gasteiger partial charge < -0.3 is 25.3 Å². The molecule has 3 aromatic carbocycles. The number of halogens is 2. The van der Waals surface area contributed by atoms with E-state index in [4.69, 9.17) is 16.3 Å². The van der Waals surface area contributed by atoms with Crippen molar-refractivity contribution in [2.45, 2.75) is 6.54 Å². The molecule has 4 aromatic rings. The first-order valence-corrected chi connectivity index (χ1v) is 10.5. The summed E-state index contributed by atoms with van der Waals surface area (Å²) in [4.78, 5) is 29.7. The number of amides is 3. The lowest BCUT2D eigenvalue weighted by atomic mass is 10.1. The second kappa shape index (κ2) is 8.48. The van der Waals surface area contributed by atoms with Crippen LogP contribution in [0.2, 0.25) is 5.02 Å². The Morgan fingerprint density at radius 3 is 2.82 bits per heavy atom. The molecule has 0 atom stereocenters. The van der Waals surface area contributed by atoms with Gasteiger partial charge in [0, 0.05) is 33.4 Å². The smallest absolute Gasteiger partial charge is 0.323 e. The molecule has 1 aliphatic heterocycles. The van der Waals surface area contributed by atoms with Crippen LogP contribution in [-0.2, 0) is 11.3 Å². The number of fused-ring (bicyclic) bond motifs is 2. The fraction of sp³-hybridized carbons (Fsp3) is 0.0833. The molecule has 3 N–H and O–H groups in total. The topological polar surface area (TPSA) is 86.5 Å². The first-order chi connectivity index (χ1) is 16.0. The van der Waals surface area contributed by atoms with Crippen LogP contribution in [0.5, 0.6) is 5.75 Å². The molecule has 1 aromatic heterocycles.